The lowest BCUT2D eigenvalue weighted by molar-refractivity contribution is -0.144. The van der Waals surface area contributed by atoms with Crippen LogP contribution in [0.25, 0.3) is 0 Å². The molecule has 0 saturated carbocycles. The zero-order valence-electron chi connectivity index (χ0n) is 11.4. The van der Waals surface area contributed by atoms with Gasteiger partial charge in [0, 0.05) is 11.5 Å². The highest BCUT2D eigenvalue weighted by Crippen LogP contribution is 2.17. The van der Waals surface area contributed by atoms with E-state index in [9.17, 15) is 13.2 Å². The summed E-state index contributed by atoms with van der Waals surface area (Å²) in [5.41, 5.74) is 5.59. The van der Waals surface area contributed by atoms with Crippen LogP contribution < -0.4 is 5.73 Å². The van der Waals surface area contributed by atoms with Gasteiger partial charge in [0.2, 0.25) is 0 Å². The van der Waals surface area contributed by atoms with Crippen molar-refractivity contribution >= 4 is 27.6 Å². The monoisotopic (exact) mass is 297 g/mol. The van der Waals surface area contributed by atoms with Gasteiger partial charge in [-0.25, -0.2) is 8.42 Å². The number of esters is 1. The molecule has 0 aliphatic rings. The molecular formula is C11H23NO4S2. The highest BCUT2D eigenvalue weighted by atomic mass is 32.2. The van der Waals surface area contributed by atoms with E-state index >= 15 is 0 Å². The van der Waals surface area contributed by atoms with E-state index in [1.165, 1.54) is 11.8 Å². The van der Waals surface area contributed by atoms with Gasteiger partial charge in [-0.2, -0.15) is 11.8 Å². The number of hydrogen-bond acceptors (Lipinski definition) is 6. The van der Waals surface area contributed by atoms with Crippen LogP contribution in [0.5, 0.6) is 0 Å². The molecule has 0 heterocycles. The minimum absolute atomic E-state index is 0.0940. The molecule has 108 valence electrons. The maximum atomic E-state index is 11.8. The molecule has 0 aliphatic heterocycles. The number of ether oxygens (including phenoxy) is 1. The fourth-order valence-corrected chi connectivity index (χ4v) is 3.52. The Morgan fingerprint density at radius 1 is 1.39 bits per heavy atom. The molecule has 18 heavy (non-hydrogen) atoms. The fraction of sp³-hybridized carbons (Fsp3) is 0.909. The van der Waals surface area contributed by atoms with Crippen LogP contribution in [-0.4, -0.2) is 49.0 Å². The Balaban J connectivity index is 3.98. The molecule has 0 spiro atoms. The summed E-state index contributed by atoms with van der Waals surface area (Å²) in [6.07, 6.45) is 0. The van der Waals surface area contributed by atoms with Crippen molar-refractivity contribution in [1.29, 1.82) is 0 Å². The predicted octanol–water partition coefficient (Wildman–Crippen LogP) is 0.823. The topological polar surface area (TPSA) is 86.5 Å². The van der Waals surface area contributed by atoms with E-state index in [2.05, 4.69) is 0 Å². The second-order valence-electron chi connectivity index (χ2n) is 4.86. The van der Waals surface area contributed by atoms with Crippen molar-refractivity contribution in [1.82, 2.24) is 0 Å². The Morgan fingerprint density at radius 2 is 1.94 bits per heavy atom. The van der Waals surface area contributed by atoms with Gasteiger partial charge in [-0.3, -0.25) is 4.79 Å². The molecule has 1 unspecified atom stereocenters. The Morgan fingerprint density at radius 3 is 2.39 bits per heavy atom. The van der Waals surface area contributed by atoms with E-state index in [0.717, 1.165) is 0 Å². The molecule has 0 bridgehead atoms. The van der Waals surface area contributed by atoms with E-state index in [1.54, 1.807) is 27.7 Å². The van der Waals surface area contributed by atoms with Crippen molar-refractivity contribution in [2.24, 2.45) is 5.73 Å². The van der Waals surface area contributed by atoms with Crippen LogP contribution in [0.3, 0.4) is 0 Å². The first-order valence-corrected chi connectivity index (χ1v) is 8.64. The quantitative estimate of drug-likeness (QED) is 0.553. The van der Waals surface area contributed by atoms with Gasteiger partial charge in [-0.1, -0.05) is 0 Å². The van der Waals surface area contributed by atoms with Crippen LogP contribution in [0.4, 0.5) is 0 Å². The first kappa shape index (κ1) is 17.7. The van der Waals surface area contributed by atoms with Gasteiger partial charge in [0.1, 0.15) is 6.04 Å². The molecule has 0 amide bonds. The van der Waals surface area contributed by atoms with Crippen molar-refractivity contribution in [3.8, 4) is 0 Å². The summed E-state index contributed by atoms with van der Waals surface area (Å²) >= 11 is 1.35. The summed E-state index contributed by atoms with van der Waals surface area (Å²) in [5, 5.41) is 0. The first-order chi connectivity index (χ1) is 8.12. The third kappa shape index (κ3) is 6.06. The standard InChI is InChI=1S/C11H23NO4S2/c1-5-16-10(13)9(12)8-17-6-7-18(14,15)11(2,3)4/h9H,5-8,12H2,1-4H3. The molecule has 0 fully saturated rings. The molecule has 0 rings (SSSR count). The highest BCUT2D eigenvalue weighted by molar-refractivity contribution is 8.00. The third-order valence-electron chi connectivity index (χ3n) is 2.32. The van der Waals surface area contributed by atoms with Crippen molar-refractivity contribution in [2.45, 2.75) is 38.5 Å². The van der Waals surface area contributed by atoms with Gasteiger partial charge in [0.15, 0.2) is 9.84 Å². The zero-order valence-corrected chi connectivity index (χ0v) is 13.1. The van der Waals surface area contributed by atoms with Crippen molar-refractivity contribution in [3.05, 3.63) is 0 Å². The molecule has 1 atom stereocenters. The van der Waals surface area contributed by atoms with Gasteiger partial charge >= 0.3 is 5.97 Å². The Bertz CT molecular complexity index is 360. The zero-order chi connectivity index (χ0) is 14.4. The summed E-state index contributed by atoms with van der Waals surface area (Å²) in [7, 11) is -3.10. The summed E-state index contributed by atoms with van der Waals surface area (Å²) in [6, 6.07) is -0.688. The molecule has 7 heteroatoms. The molecule has 0 radical (unpaired) electrons. The van der Waals surface area contributed by atoms with E-state index in [4.69, 9.17) is 10.5 Å². The number of hydrogen-bond donors (Lipinski definition) is 1. The number of carbonyl (C=O) groups excluding carboxylic acids is 1. The van der Waals surface area contributed by atoms with Gasteiger partial charge < -0.3 is 10.5 Å². The van der Waals surface area contributed by atoms with Crippen LogP contribution >= 0.6 is 11.8 Å². The molecule has 5 nitrogen and oxygen atoms in total. The van der Waals surface area contributed by atoms with Crippen LogP contribution in [0.2, 0.25) is 0 Å². The lowest BCUT2D eigenvalue weighted by Crippen LogP contribution is -2.35. The first-order valence-electron chi connectivity index (χ1n) is 5.84. The van der Waals surface area contributed by atoms with E-state index in [-0.39, 0.29) is 5.75 Å². The Kier molecular flexibility index (Phi) is 7.24. The minimum atomic E-state index is -3.10. The number of thioether (sulfide) groups is 1. The average Bonchev–Trinajstić information content (AvgIpc) is 2.22. The number of carbonyl (C=O) groups is 1. The molecule has 0 aromatic heterocycles. The van der Waals surface area contributed by atoms with Crippen LogP contribution in [0.1, 0.15) is 27.7 Å². The predicted molar refractivity (Wildman–Crippen MR) is 75.5 cm³/mol. The lowest BCUT2D eigenvalue weighted by Gasteiger charge is -2.19. The van der Waals surface area contributed by atoms with Crippen molar-refractivity contribution in [2.75, 3.05) is 23.9 Å². The highest BCUT2D eigenvalue weighted by Gasteiger charge is 2.28. The fourth-order valence-electron chi connectivity index (χ4n) is 1.00. The Hall–Kier alpha value is -0.270. The van der Waals surface area contributed by atoms with Gasteiger partial charge in [-0.15, -0.1) is 0 Å². The van der Waals surface area contributed by atoms with Gasteiger partial charge in [0.25, 0.3) is 0 Å². The summed E-state index contributed by atoms with van der Waals surface area (Å²) < 4.78 is 27.6. The molecule has 0 aromatic carbocycles. The number of nitrogens with two attached hydrogens (primary N) is 1. The Labute approximate surface area is 114 Å². The van der Waals surface area contributed by atoms with Crippen LogP contribution in [-0.2, 0) is 19.4 Å². The SMILES string of the molecule is CCOC(=O)C(N)CSCCS(=O)(=O)C(C)(C)C. The number of rotatable bonds is 7. The van der Waals surface area contributed by atoms with Crippen molar-refractivity contribution < 1.29 is 17.9 Å². The van der Waals surface area contributed by atoms with Crippen molar-refractivity contribution in [3.63, 3.8) is 0 Å². The molecule has 2 N–H and O–H groups in total. The molecule has 0 saturated heterocycles. The van der Waals surface area contributed by atoms with Gasteiger partial charge in [-0.05, 0) is 27.7 Å². The lowest BCUT2D eigenvalue weighted by atomic mass is 10.3. The van der Waals surface area contributed by atoms with Crippen LogP contribution in [0.15, 0.2) is 0 Å². The second kappa shape index (κ2) is 7.35. The van der Waals surface area contributed by atoms with E-state index < -0.39 is 26.6 Å². The minimum Gasteiger partial charge on any atom is -0.465 e. The molecule has 0 aliphatic carbocycles. The number of sulfone groups is 1. The average molecular weight is 297 g/mol. The summed E-state index contributed by atoms with van der Waals surface area (Å²) in [5.74, 6) is 0.464. The largest absolute Gasteiger partial charge is 0.465 e. The smallest absolute Gasteiger partial charge is 0.323 e. The maximum absolute atomic E-state index is 11.8. The van der Waals surface area contributed by atoms with Crippen LogP contribution in [0, 0.1) is 0 Å². The van der Waals surface area contributed by atoms with E-state index in [0.29, 0.717) is 18.1 Å². The third-order valence-corrected chi connectivity index (χ3v) is 6.27. The summed E-state index contributed by atoms with van der Waals surface area (Å²) in [4.78, 5) is 11.2. The molecule has 0 aromatic rings. The maximum Gasteiger partial charge on any atom is 0.323 e. The van der Waals surface area contributed by atoms with Gasteiger partial charge in [0.05, 0.1) is 17.1 Å². The van der Waals surface area contributed by atoms with E-state index in [1.807, 2.05) is 0 Å². The second-order valence-corrected chi connectivity index (χ2v) is 8.88. The summed E-state index contributed by atoms with van der Waals surface area (Å²) in [6.45, 7) is 7.05. The normalized spacial score (nSPS) is 14.3. The molecular weight excluding hydrogens is 274 g/mol.